The summed E-state index contributed by atoms with van der Waals surface area (Å²) in [5.74, 6) is 0.951. The molecule has 1 aliphatic carbocycles. The lowest BCUT2D eigenvalue weighted by Crippen LogP contribution is -2.16. The second-order valence-electron chi connectivity index (χ2n) is 7.44. The minimum absolute atomic E-state index is 0.229. The minimum Gasteiger partial charge on any atom is -0.455 e. The van der Waals surface area contributed by atoms with Crippen LogP contribution in [0.4, 0.5) is 5.69 Å². The molecule has 0 unspecified atom stereocenters. The smallest absolute Gasteiger partial charge is 0.256 e. The third-order valence-electron chi connectivity index (χ3n) is 5.36. The van der Waals surface area contributed by atoms with Gasteiger partial charge < -0.3 is 10.1 Å². The maximum absolute atomic E-state index is 13.5. The Kier molecular flexibility index (Phi) is 5.26. The van der Waals surface area contributed by atoms with E-state index in [4.69, 9.17) is 32.9 Å². The van der Waals surface area contributed by atoms with Gasteiger partial charge in [-0.2, -0.15) is 0 Å². The molecule has 1 heterocycles. The molecule has 0 radical (unpaired) electrons. The van der Waals surface area contributed by atoms with E-state index in [0.29, 0.717) is 32.8 Å². The summed E-state index contributed by atoms with van der Waals surface area (Å²) >= 11 is 12.5. The average Bonchev–Trinajstić information content (AvgIpc) is 3.22. The number of hydrogen-bond donors (Lipinski definition) is 1. The summed E-state index contributed by atoms with van der Waals surface area (Å²) in [6.45, 7) is 0. The molecule has 0 saturated carbocycles. The number of halogens is 2. The first-order valence-corrected chi connectivity index (χ1v) is 10.8. The van der Waals surface area contributed by atoms with Crippen molar-refractivity contribution >= 4 is 45.7 Å². The number of hydrogen-bond acceptors (Lipinski definition) is 3. The molecule has 6 heteroatoms. The van der Waals surface area contributed by atoms with Gasteiger partial charge in [0, 0.05) is 21.1 Å². The van der Waals surface area contributed by atoms with Gasteiger partial charge in [0.2, 0.25) is 0 Å². The fraction of sp³-hybridized carbons (Fsp3) is 0.120. The summed E-state index contributed by atoms with van der Waals surface area (Å²) in [6.07, 6.45) is 2.66. The minimum atomic E-state index is -0.229. The Bertz CT molecular complexity index is 1310. The molecule has 0 aliphatic heterocycles. The lowest BCUT2D eigenvalue weighted by Gasteiger charge is -2.16. The van der Waals surface area contributed by atoms with E-state index in [1.807, 2.05) is 36.4 Å². The highest BCUT2D eigenvalue weighted by Crippen LogP contribution is 2.35. The number of aryl methyl sites for hydroxylation is 1. The maximum Gasteiger partial charge on any atom is 0.256 e. The molecule has 1 amide bonds. The highest BCUT2D eigenvalue weighted by Gasteiger charge is 2.25. The van der Waals surface area contributed by atoms with Gasteiger partial charge in [0.15, 0.2) is 5.75 Å². The van der Waals surface area contributed by atoms with E-state index in [9.17, 15) is 4.79 Å². The van der Waals surface area contributed by atoms with Gasteiger partial charge in [-0.1, -0.05) is 41.4 Å². The standard InChI is InChI=1S/C25H18Cl2N2O2/c26-15-9-11-21-19(13-15)24(18-7-4-8-20(18)28-21)25(30)29-22-14-16(27)10-12-23(22)31-17-5-2-1-3-6-17/h1-3,5-6,9-14H,4,7-8H2,(H,29,30). The number of rotatable bonds is 4. The molecule has 154 valence electrons. The number of carbonyl (C=O) groups is 1. The van der Waals surface area contributed by atoms with Crippen LogP contribution in [0.25, 0.3) is 10.9 Å². The number of ether oxygens (including phenoxy) is 1. The van der Waals surface area contributed by atoms with E-state index < -0.39 is 0 Å². The van der Waals surface area contributed by atoms with Crippen LogP contribution in [0.2, 0.25) is 10.0 Å². The van der Waals surface area contributed by atoms with Gasteiger partial charge in [-0.25, -0.2) is 0 Å². The molecule has 4 aromatic rings. The normalized spacial score (nSPS) is 12.6. The van der Waals surface area contributed by atoms with E-state index in [1.54, 1.807) is 30.3 Å². The van der Waals surface area contributed by atoms with Crippen LogP contribution < -0.4 is 10.1 Å². The first-order valence-electron chi connectivity index (χ1n) is 10.0. The van der Waals surface area contributed by atoms with Gasteiger partial charge in [-0.3, -0.25) is 9.78 Å². The van der Waals surface area contributed by atoms with Crippen LogP contribution in [0.15, 0.2) is 66.7 Å². The van der Waals surface area contributed by atoms with Crippen molar-refractivity contribution in [1.29, 1.82) is 0 Å². The van der Waals surface area contributed by atoms with E-state index in [-0.39, 0.29) is 5.91 Å². The molecule has 0 bridgehead atoms. The van der Waals surface area contributed by atoms with Crippen LogP contribution >= 0.6 is 23.2 Å². The molecule has 0 atom stereocenters. The number of para-hydroxylation sites is 1. The molecule has 31 heavy (non-hydrogen) atoms. The number of nitrogens with one attached hydrogen (secondary N) is 1. The van der Waals surface area contributed by atoms with Gasteiger partial charge >= 0.3 is 0 Å². The highest BCUT2D eigenvalue weighted by molar-refractivity contribution is 6.32. The summed E-state index contributed by atoms with van der Waals surface area (Å²) in [5.41, 5.74) is 3.85. The molecule has 5 rings (SSSR count). The van der Waals surface area contributed by atoms with Crippen molar-refractivity contribution in [3.63, 3.8) is 0 Å². The fourth-order valence-electron chi connectivity index (χ4n) is 3.98. The zero-order valence-corrected chi connectivity index (χ0v) is 18.0. The van der Waals surface area contributed by atoms with Crippen molar-refractivity contribution in [2.45, 2.75) is 19.3 Å². The molecule has 1 N–H and O–H groups in total. The molecule has 0 fully saturated rings. The molecule has 0 spiro atoms. The number of nitrogens with zero attached hydrogens (tertiary/aromatic N) is 1. The molecule has 1 aliphatic rings. The highest BCUT2D eigenvalue weighted by atomic mass is 35.5. The second kappa shape index (κ2) is 8.22. The number of benzene rings is 3. The number of anilines is 1. The number of carbonyl (C=O) groups excluding carboxylic acids is 1. The fourth-order valence-corrected chi connectivity index (χ4v) is 4.33. The summed E-state index contributed by atoms with van der Waals surface area (Å²) in [6, 6.07) is 20.0. The van der Waals surface area contributed by atoms with E-state index >= 15 is 0 Å². The van der Waals surface area contributed by atoms with E-state index in [0.717, 1.165) is 41.4 Å². The predicted molar refractivity (Wildman–Crippen MR) is 125 cm³/mol. The van der Waals surface area contributed by atoms with Crippen molar-refractivity contribution in [2.24, 2.45) is 0 Å². The molecule has 4 nitrogen and oxygen atoms in total. The Labute approximate surface area is 189 Å². The zero-order valence-electron chi connectivity index (χ0n) is 16.5. The Morgan fingerprint density at radius 2 is 1.71 bits per heavy atom. The van der Waals surface area contributed by atoms with Gasteiger partial charge in [0.25, 0.3) is 5.91 Å². The number of amides is 1. The molecule has 3 aromatic carbocycles. The van der Waals surface area contributed by atoms with E-state index in [1.165, 1.54) is 0 Å². The Balaban J connectivity index is 1.57. The van der Waals surface area contributed by atoms with Crippen LogP contribution in [-0.2, 0) is 12.8 Å². The summed E-state index contributed by atoms with van der Waals surface area (Å²) < 4.78 is 5.99. The maximum atomic E-state index is 13.5. The summed E-state index contributed by atoms with van der Waals surface area (Å²) in [5, 5.41) is 4.83. The Morgan fingerprint density at radius 3 is 2.55 bits per heavy atom. The number of aromatic nitrogens is 1. The van der Waals surface area contributed by atoms with Crippen LogP contribution in [-0.4, -0.2) is 10.9 Å². The quantitative estimate of drug-likeness (QED) is 0.362. The molecule has 0 saturated heterocycles. The third kappa shape index (κ3) is 3.97. The van der Waals surface area contributed by atoms with Crippen LogP contribution in [0, 0.1) is 0 Å². The van der Waals surface area contributed by atoms with Crippen molar-refractivity contribution in [3.05, 3.63) is 93.6 Å². The largest absolute Gasteiger partial charge is 0.455 e. The van der Waals surface area contributed by atoms with Gasteiger partial charge in [-0.05, 0) is 73.4 Å². The molecular weight excluding hydrogens is 431 g/mol. The monoisotopic (exact) mass is 448 g/mol. The van der Waals surface area contributed by atoms with Crippen molar-refractivity contribution < 1.29 is 9.53 Å². The van der Waals surface area contributed by atoms with E-state index in [2.05, 4.69) is 5.32 Å². The number of pyridine rings is 1. The van der Waals surface area contributed by atoms with Crippen molar-refractivity contribution in [3.8, 4) is 11.5 Å². The Hall–Kier alpha value is -3.08. The topological polar surface area (TPSA) is 51.2 Å². The average molecular weight is 449 g/mol. The first kappa shape index (κ1) is 19.9. The van der Waals surface area contributed by atoms with Crippen LogP contribution in [0.5, 0.6) is 11.5 Å². The van der Waals surface area contributed by atoms with Crippen molar-refractivity contribution in [1.82, 2.24) is 4.98 Å². The third-order valence-corrected chi connectivity index (χ3v) is 5.83. The van der Waals surface area contributed by atoms with Crippen LogP contribution in [0.3, 0.4) is 0 Å². The Morgan fingerprint density at radius 1 is 0.935 bits per heavy atom. The van der Waals surface area contributed by atoms with Gasteiger partial charge in [0.05, 0.1) is 16.8 Å². The lowest BCUT2D eigenvalue weighted by molar-refractivity contribution is 0.102. The first-order chi connectivity index (χ1) is 15.1. The van der Waals surface area contributed by atoms with Crippen LogP contribution in [0.1, 0.15) is 28.0 Å². The second-order valence-corrected chi connectivity index (χ2v) is 8.31. The zero-order chi connectivity index (χ0) is 21.4. The summed E-state index contributed by atoms with van der Waals surface area (Å²) in [4.78, 5) is 18.3. The van der Waals surface area contributed by atoms with Gasteiger partial charge in [0.1, 0.15) is 5.75 Å². The van der Waals surface area contributed by atoms with Gasteiger partial charge in [-0.15, -0.1) is 0 Å². The molecule has 1 aromatic heterocycles. The van der Waals surface area contributed by atoms with Crippen molar-refractivity contribution in [2.75, 3.05) is 5.32 Å². The SMILES string of the molecule is O=C(Nc1cc(Cl)ccc1Oc1ccccc1)c1c2c(nc3ccc(Cl)cc13)CCC2. The molecular formula is C25H18Cl2N2O2. The predicted octanol–water partition coefficient (Wildman–Crippen LogP) is 7.07. The number of fused-ring (bicyclic) bond motifs is 2. The summed E-state index contributed by atoms with van der Waals surface area (Å²) in [7, 11) is 0. The lowest BCUT2D eigenvalue weighted by atomic mass is 10.0.